The minimum atomic E-state index is -0.112. The molecule has 2 aromatic carbocycles. The van der Waals surface area contributed by atoms with Crippen molar-refractivity contribution < 1.29 is 9.90 Å². The molecule has 154 valence electrons. The van der Waals surface area contributed by atoms with Crippen molar-refractivity contribution in [3.63, 3.8) is 0 Å². The summed E-state index contributed by atoms with van der Waals surface area (Å²) in [5.74, 6) is 1.02. The average Bonchev–Trinajstić information content (AvgIpc) is 2.77. The van der Waals surface area contributed by atoms with Crippen LogP contribution < -0.4 is 4.90 Å². The Kier molecular flexibility index (Phi) is 6.07. The van der Waals surface area contributed by atoms with E-state index in [9.17, 15) is 9.90 Å². The average molecular weight is 402 g/mol. The first kappa shape index (κ1) is 20.1. The Hall–Kier alpha value is -3.21. The predicted octanol–water partition coefficient (Wildman–Crippen LogP) is 4.35. The molecule has 1 N–H and O–H groups in total. The molecule has 1 aromatic heterocycles. The third kappa shape index (κ3) is 4.67. The fourth-order valence-corrected chi connectivity index (χ4v) is 4.17. The van der Waals surface area contributed by atoms with E-state index in [1.807, 2.05) is 6.07 Å². The molecule has 1 aliphatic heterocycles. The largest absolute Gasteiger partial charge is 0.504 e. The van der Waals surface area contributed by atoms with E-state index in [0.717, 1.165) is 38.8 Å². The number of benzene rings is 2. The van der Waals surface area contributed by atoms with Crippen molar-refractivity contribution in [3.8, 4) is 5.75 Å². The van der Waals surface area contributed by atoms with Crippen molar-refractivity contribution in [2.24, 2.45) is 5.92 Å². The smallest absolute Gasteiger partial charge is 0.172 e. The monoisotopic (exact) mass is 401 g/mol. The van der Waals surface area contributed by atoms with Crippen molar-refractivity contribution >= 4 is 12.0 Å². The van der Waals surface area contributed by atoms with Crippen molar-refractivity contribution in [2.45, 2.75) is 32.6 Å². The fraction of sp³-hybridized carbons (Fsp3) is 0.320. The third-order valence-electron chi connectivity index (χ3n) is 5.86. The van der Waals surface area contributed by atoms with E-state index >= 15 is 0 Å². The molecule has 1 aliphatic rings. The number of aryl methyl sites for hydroxylation is 1. The molecule has 1 saturated heterocycles. The van der Waals surface area contributed by atoms with Crippen LogP contribution in [0, 0.1) is 12.8 Å². The molecule has 0 amide bonds. The molecule has 3 aromatic rings. The van der Waals surface area contributed by atoms with Crippen molar-refractivity contribution in [1.29, 1.82) is 0 Å². The van der Waals surface area contributed by atoms with Crippen molar-refractivity contribution in [3.05, 3.63) is 82.9 Å². The summed E-state index contributed by atoms with van der Waals surface area (Å²) in [6.45, 7) is 3.70. The van der Waals surface area contributed by atoms with Gasteiger partial charge in [0.15, 0.2) is 12.0 Å². The van der Waals surface area contributed by atoms with Crippen LogP contribution in [0.2, 0.25) is 0 Å². The Balaban J connectivity index is 1.37. The second kappa shape index (κ2) is 9.08. The van der Waals surface area contributed by atoms with E-state index < -0.39 is 0 Å². The van der Waals surface area contributed by atoms with Gasteiger partial charge in [0.2, 0.25) is 0 Å². The zero-order valence-corrected chi connectivity index (χ0v) is 17.3. The first-order chi connectivity index (χ1) is 14.6. The third-order valence-corrected chi connectivity index (χ3v) is 5.86. The van der Waals surface area contributed by atoms with Crippen molar-refractivity contribution in [1.82, 2.24) is 9.97 Å². The molecule has 0 atom stereocenters. The number of aldehydes is 1. The molecule has 0 saturated carbocycles. The van der Waals surface area contributed by atoms with Gasteiger partial charge in [0.25, 0.3) is 0 Å². The van der Waals surface area contributed by atoms with Gasteiger partial charge >= 0.3 is 0 Å². The van der Waals surface area contributed by atoms with E-state index in [1.54, 1.807) is 6.92 Å². The van der Waals surface area contributed by atoms with Crippen LogP contribution in [0.3, 0.4) is 0 Å². The Morgan fingerprint density at radius 3 is 2.50 bits per heavy atom. The van der Waals surface area contributed by atoms with Crippen LogP contribution in [-0.2, 0) is 12.8 Å². The Labute approximate surface area is 177 Å². The maximum Gasteiger partial charge on any atom is 0.172 e. The lowest BCUT2D eigenvalue weighted by Crippen LogP contribution is -2.34. The number of carbonyl (C=O) groups excluding carboxylic acids is 1. The molecule has 0 spiro atoms. The summed E-state index contributed by atoms with van der Waals surface area (Å²) in [4.78, 5) is 22.2. The molecular formula is C25H27N3O2. The van der Waals surface area contributed by atoms with Crippen LogP contribution >= 0.6 is 0 Å². The summed E-state index contributed by atoms with van der Waals surface area (Å²) in [6.07, 6.45) is 4.40. The summed E-state index contributed by atoms with van der Waals surface area (Å²) in [5.41, 5.74) is 4.49. The second-order valence-electron chi connectivity index (χ2n) is 8.04. The van der Waals surface area contributed by atoms with Gasteiger partial charge in [-0.2, -0.15) is 0 Å². The lowest BCUT2D eigenvalue weighted by molar-refractivity contribution is 0.111. The van der Waals surface area contributed by atoms with Crippen LogP contribution in [0.25, 0.3) is 0 Å². The van der Waals surface area contributed by atoms with Gasteiger partial charge in [-0.3, -0.25) is 4.79 Å². The highest BCUT2D eigenvalue weighted by Gasteiger charge is 2.22. The van der Waals surface area contributed by atoms with Gasteiger partial charge in [-0.15, -0.1) is 0 Å². The molecule has 0 unspecified atom stereocenters. The van der Waals surface area contributed by atoms with Gasteiger partial charge in [0, 0.05) is 25.2 Å². The lowest BCUT2D eigenvalue weighted by Gasteiger charge is -2.33. The van der Waals surface area contributed by atoms with Gasteiger partial charge < -0.3 is 10.0 Å². The van der Waals surface area contributed by atoms with Crippen molar-refractivity contribution in [2.75, 3.05) is 18.0 Å². The first-order valence-corrected chi connectivity index (χ1v) is 10.5. The van der Waals surface area contributed by atoms with E-state index in [1.165, 1.54) is 16.8 Å². The maximum absolute atomic E-state index is 11.1. The Morgan fingerprint density at radius 2 is 1.77 bits per heavy atom. The van der Waals surface area contributed by atoms with Crippen LogP contribution in [-0.4, -0.2) is 34.5 Å². The van der Waals surface area contributed by atoms with E-state index in [-0.39, 0.29) is 11.4 Å². The van der Waals surface area contributed by atoms with Gasteiger partial charge in [0.05, 0.1) is 5.69 Å². The first-order valence-electron chi connectivity index (χ1n) is 10.5. The number of nitrogens with zero attached hydrogens (tertiary/aromatic N) is 3. The van der Waals surface area contributed by atoms with Crippen LogP contribution in [0.1, 0.15) is 46.0 Å². The molecule has 0 bridgehead atoms. The highest BCUT2D eigenvalue weighted by molar-refractivity contribution is 5.76. The SMILES string of the molecule is Cc1nc(CC2CCN(c3cccc(Cc4ccccc4)c3)CC2)nc(C=O)c1O. The van der Waals surface area contributed by atoms with E-state index in [0.29, 0.717) is 23.7 Å². The lowest BCUT2D eigenvalue weighted by atomic mass is 9.92. The number of hydrogen-bond acceptors (Lipinski definition) is 5. The summed E-state index contributed by atoms with van der Waals surface area (Å²) in [7, 11) is 0. The standard InChI is InChI=1S/C25H27N3O2/c1-18-25(30)23(17-29)27-24(26-18)16-20-10-12-28(13-11-20)22-9-5-8-21(15-22)14-19-6-3-2-4-7-19/h2-9,15,17,20,30H,10-14,16H2,1H3. The second-order valence-corrected chi connectivity index (χ2v) is 8.04. The summed E-state index contributed by atoms with van der Waals surface area (Å²) < 4.78 is 0. The van der Waals surface area contributed by atoms with Crippen LogP contribution in [0.4, 0.5) is 5.69 Å². The zero-order valence-electron chi connectivity index (χ0n) is 17.3. The van der Waals surface area contributed by atoms with Crippen LogP contribution in [0.15, 0.2) is 54.6 Å². The predicted molar refractivity (Wildman–Crippen MR) is 118 cm³/mol. The number of aromatic hydroxyl groups is 1. The molecule has 1 fully saturated rings. The topological polar surface area (TPSA) is 66.3 Å². The molecule has 30 heavy (non-hydrogen) atoms. The van der Waals surface area contributed by atoms with Gasteiger partial charge in [0.1, 0.15) is 11.5 Å². The maximum atomic E-state index is 11.1. The summed E-state index contributed by atoms with van der Waals surface area (Å²) >= 11 is 0. The molecule has 2 heterocycles. The van der Waals surface area contributed by atoms with E-state index in [4.69, 9.17) is 0 Å². The van der Waals surface area contributed by atoms with Crippen LogP contribution in [0.5, 0.6) is 5.75 Å². The fourth-order valence-electron chi connectivity index (χ4n) is 4.17. The molecule has 0 radical (unpaired) electrons. The van der Waals surface area contributed by atoms with Gasteiger partial charge in [-0.1, -0.05) is 42.5 Å². The highest BCUT2D eigenvalue weighted by atomic mass is 16.3. The number of piperidine rings is 1. The van der Waals surface area contributed by atoms with E-state index in [2.05, 4.69) is 63.4 Å². The molecular weight excluding hydrogens is 374 g/mol. The van der Waals surface area contributed by atoms with Gasteiger partial charge in [-0.05, 0) is 55.4 Å². The molecule has 5 nitrogen and oxygen atoms in total. The molecule has 0 aliphatic carbocycles. The quantitative estimate of drug-likeness (QED) is 0.622. The number of anilines is 1. The molecule has 4 rings (SSSR count). The number of hydrogen-bond donors (Lipinski definition) is 1. The number of aromatic nitrogens is 2. The minimum absolute atomic E-state index is 0.0881. The number of rotatable bonds is 6. The normalized spacial score (nSPS) is 14.6. The Morgan fingerprint density at radius 1 is 1.03 bits per heavy atom. The molecule has 5 heteroatoms. The number of carbonyl (C=O) groups is 1. The zero-order chi connectivity index (χ0) is 20.9. The summed E-state index contributed by atoms with van der Waals surface area (Å²) in [5, 5.41) is 9.84. The van der Waals surface area contributed by atoms with Gasteiger partial charge in [-0.25, -0.2) is 9.97 Å². The Bertz CT molecular complexity index is 1010. The highest BCUT2D eigenvalue weighted by Crippen LogP contribution is 2.27. The summed E-state index contributed by atoms with van der Waals surface area (Å²) in [6, 6.07) is 19.4. The minimum Gasteiger partial charge on any atom is -0.504 e.